The number of hydrogen-bond acceptors (Lipinski definition) is 2. The number of likely N-dealkylation sites (N-methyl/N-ethyl adjacent to an activating group) is 1. The van der Waals surface area contributed by atoms with Crippen molar-refractivity contribution in [2.75, 3.05) is 46.9 Å². The number of carbonyl (C=O) groups is 1. The molecule has 0 aliphatic carbocycles. The highest BCUT2D eigenvalue weighted by Gasteiger charge is 2.26. The van der Waals surface area contributed by atoms with Crippen molar-refractivity contribution in [2.45, 2.75) is 13.1 Å². The van der Waals surface area contributed by atoms with Gasteiger partial charge in [0.25, 0.3) is 5.91 Å². The molecule has 2 N–H and O–H groups in total. The third kappa shape index (κ3) is 6.16. The van der Waals surface area contributed by atoms with E-state index >= 15 is 0 Å². The lowest BCUT2D eigenvalue weighted by Crippen LogP contribution is -3.28. The van der Waals surface area contributed by atoms with Crippen LogP contribution >= 0.6 is 11.6 Å². The third-order valence-electron chi connectivity index (χ3n) is 5.48. The van der Waals surface area contributed by atoms with E-state index in [4.69, 9.17) is 16.3 Å². The molecule has 0 bridgehead atoms. The Morgan fingerprint density at radius 3 is 2.55 bits per heavy atom. The Labute approximate surface area is 176 Å². The highest BCUT2D eigenvalue weighted by molar-refractivity contribution is 6.30. The van der Waals surface area contributed by atoms with E-state index in [0.29, 0.717) is 18.1 Å². The Morgan fingerprint density at radius 1 is 1.14 bits per heavy atom. The highest BCUT2D eigenvalue weighted by atomic mass is 35.5. The minimum Gasteiger partial charge on any atom is -0.496 e. The van der Waals surface area contributed by atoms with Gasteiger partial charge >= 0.3 is 0 Å². The number of nitrogens with zero attached hydrogens (tertiary/aromatic N) is 1. The molecule has 0 saturated carbocycles. The second kappa shape index (κ2) is 10.1. The van der Waals surface area contributed by atoms with Gasteiger partial charge in [0.1, 0.15) is 44.3 Å². The van der Waals surface area contributed by atoms with Crippen molar-refractivity contribution < 1.29 is 23.7 Å². The molecule has 1 amide bonds. The zero-order valence-corrected chi connectivity index (χ0v) is 17.8. The zero-order valence-electron chi connectivity index (χ0n) is 17.0. The normalized spacial score (nSPS) is 19.0. The van der Waals surface area contributed by atoms with E-state index in [2.05, 4.69) is 0 Å². The first-order valence-corrected chi connectivity index (χ1v) is 10.3. The summed E-state index contributed by atoms with van der Waals surface area (Å²) in [4.78, 5) is 17.0. The van der Waals surface area contributed by atoms with Crippen molar-refractivity contribution in [2.24, 2.45) is 0 Å². The first-order chi connectivity index (χ1) is 13.9. The molecule has 2 aromatic carbocycles. The van der Waals surface area contributed by atoms with Crippen LogP contribution in [0.2, 0.25) is 5.02 Å². The van der Waals surface area contributed by atoms with Crippen molar-refractivity contribution in [1.82, 2.24) is 4.90 Å². The summed E-state index contributed by atoms with van der Waals surface area (Å²) in [5, 5.41) is 0.683. The quantitative estimate of drug-likeness (QED) is 0.680. The maximum Gasteiger partial charge on any atom is 0.277 e. The highest BCUT2D eigenvalue weighted by Crippen LogP contribution is 2.18. The lowest BCUT2D eigenvalue weighted by atomic mass is 10.1. The molecule has 1 heterocycles. The number of carbonyl (C=O) groups excluding carboxylic acids is 1. The zero-order chi connectivity index (χ0) is 20.8. The molecule has 0 atom stereocenters. The molecule has 5 nitrogen and oxygen atoms in total. The summed E-state index contributed by atoms with van der Waals surface area (Å²) < 4.78 is 18.9. The molecule has 156 valence electrons. The van der Waals surface area contributed by atoms with E-state index in [9.17, 15) is 9.18 Å². The van der Waals surface area contributed by atoms with Crippen LogP contribution in [0.1, 0.15) is 11.1 Å². The molecule has 29 heavy (non-hydrogen) atoms. The number of benzene rings is 2. The largest absolute Gasteiger partial charge is 0.496 e. The van der Waals surface area contributed by atoms with Gasteiger partial charge in [0, 0.05) is 18.6 Å². The van der Waals surface area contributed by atoms with Crippen molar-refractivity contribution in [3.63, 3.8) is 0 Å². The molecule has 0 radical (unpaired) electrons. The van der Waals surface area contributed by atoms with Gasteiger partial charge in [-0.05, 0) is 35.9 Å². The average molecular weight is 422 g/mol. The maximum absolute atomic E-state index is 13.6. The number of ether oxygens (including phenoxy) is 1. The number of methoxy groups -OCH3 is 1. The maximum atomic E-state index is 13.6. The van der Waals surface area contributed by atoms with E-state index in [1.165, 1.54) is 15.9 Å². The van der Waals surface area contributed by atoms with Gasteiger partial charge in [-0.15, -0.1) is 0 Å². The van der Waals surface area contributed by atoms with Gasteiger partial charge in [0.2, 0.25) is 0 Å². The molecule has 1 fully saturated rings. The first kappa shape index (κ1) is 21.6. The molecule has 1 saturated heterocycles. The van der Waals surface area contributed by atoms with E-state index in [0.717, 1.165) is 49.6 Å². The fourth-order valence-corrected chi connectivity index (χ4v) is 4.02. The van der Waals surface area contributed by atoms with Crippen LogP contribution < -0.4 is 14.5 Å². The van der Waals surface area contributed by atoms with Gasteiger partial charge in [0.05, 0.1) is 12.7 Å². The van der Waals surface area contributed by atoms with E-state index < -0.39 is 0 Å². The molecule has 0 spiro atoms. The third-order valence-corrected chi connectivity index (χ3v) is 5.72. The SMILES string of the molecule is COc1ccc(F)cc1C[NH+]1CC[NH+](CC(=O)N(C)Cc2cccc(Cl)c2)CC1. The number of nitrogens with one attached hydrogen (secondary N) is 2. The fraction of sp³-hybridized carbons (Fsp3) is 0.409. The lowest BCUT2D eigenvalue weighted by molar-refractivity contribution is -1.02. The number of hydrogen-bond donors (Lipinski definition) is 2. The predicted molar refractivity (Wildman–Crippen MR) is 111 cm³/mol. The Kier molecular flexibility index (Phi) is 7.47. The second-order valence-electron chi connectivity index (χ2n) is 7.69. The monoisotopic (exact) mass is 421 g/mol. The van der Waals surface area contributed by atoms with Crippen LogP contribution in [0.5, 0.6) is 5.75 Å². The van der Waals surface area contributed by atoms with Gasteiger partial charge in [-0.3, -0.25) is 4.79 Å². The van der Waals surface area contributed by atoms with E-state index in [-0.39, 0.29) is 11.7 Å². The summed E-state index contributed by atoms with van der Waals surface area (Å²) in [6.45, 7) is 5.52. The van der Waals surface area contributed by atoms with Crippen LogP contribution in [0.4, 0.5) is 4.39 Å². The van der Waals surface area contributed by atoms with Crippen molar-refractivity contribution in [3.05, 3.63) is 64.4 Å². The number of piperazine rings is 1. The van der Waals surface area contributed by atoms with Crippen molar-refractivity contribution in [3.8, 4) is 5.75 Å². The van der Waals surface area contributed by atoms with Gasteiger partial charge < -0.3 is 19.4 Å². The van der Waals surface area contributed by atoms with Crippen LogP contribution in [-0.2, 0) is 17.9 Å². The van der Waals surface area contributed by atoms with Crippen molar-refractivity contribution >= 4 is 17.5 Å². The van der Waals surface area contributed by atoms with E-state index in [1.54, 1.807) is 24.1 Å². The molecular formula is C22H29ClFN3O2+2. The topological polar surface area (TPSA) is 38.4 Å². The number of halogens is 2. The molecule has 3 rings (SSSR count). The Hall–Kier alpha value is -2.15. The molecule has 7 heteroatoms. The summed E-state index contributed by atoms with van der Waals surface area (Å²) in [6.07, 6.45) is 0. The smallest absolute Gasteiger partial charge is 0.277 e. The second-order valence-corrected chi connectivity index (χ2v) is 8.13. The van der Waals surface area contributed by atoms with Crippen LogP contribution in [0.25, 0.3) is 0 Å². The summed E-state index contributed by atoms with van der Waals surface area (Å²) in [5.41, 5.74) is 1.92. The molecule has 2 aromatic rings. The summed E-state index contributed by atoms with van der Waals surface area (Å²) >= 11 is 6.02. The summed E-state index contributed by atoms with van der Waals surface area (Å²) in [5.74, 6) is 0.625. The van der Waals surface area contributed by atoms with Gasteiger partial charge in [-0.1, -0.05) is 23.7 Å². The first-order valence-electron chi connectivity index (χ1n) is 9.92. The molecule has 0 aromatic heterocycles. The van der Waals surface area contributed by atoms with E-state index in [1.807, 2.05) is 31.3 Å². The average Bonchev–Trinajstić information content (AvgIpc) is 2.69. The van der Waals surface area contributed by atoms with Gasteiger partial charge in [-0.2, -0.15) is 0 Å². The standard InChI is InChI=1S/C22H27ClFN3O2/c1-25(14-17-4-3-5-19(23)12-17)22(28)16-27-10-8-26(9-11-27)15-18-13-20(24)6-7-21(18)29-2/h3-7,12-13H,8-11,14-16H2,1-2H3/p+2. The van der Waals surface area contributed by atoms with Crippen LogP contribution in [-0.4, -0.2) is 57.7 Å². The van der Waals surface area contributed by atoms with Crippen LogP contribution in [0, 0.1) is 5.82 Å². The van der Waals surface area contributed by atoms with Gasteiger partial charge in [-0.25, -0.2) is 4.39 Å². The lowest BCUT2D eigenvalue weighted by Gasteiger charge is -2.30. The predicted octanol–water partition coefficient (Wildman–Crippen LogP) is 0.430. The Bertz CT molecular complexity index is 841. The van der Waals surface area contributed by atoms with Crippen molar-refractivity contribution in [1.29, 1.82) is 0 Å². The number of quaternary nitrogens is 2. The number of amides is 1. The summed E-state index contributed by atoms with van der Waals surface area (Å²) in [7, 11) is 3.44. The van der Waals surface area contributed by atoms with Crippen LogP contribution in [0.3, 0.4) is 0 Å². The number of rotatable bonds is 7. The van der Waals surface area contributed by atoms with Gasteiger partial charge in [0.15, 0.2) is 6.54 Å². The minimum atomic E-state index is -0.238. The molecule has 1 aliphatic heterocycles. The summed E-state index contributed by atoms with van der Waals surface area (Å²) in [6, 6.07) is 12.3. The van der Waals surface area contributed by atoms with Crippen LogP contribution in [0.15, 0.2) is 42.5 Å². The molecular weight excluding hydrogens is 393 g/mol. The minimum absolute atomic E-state index is 0.134. The Morgan fingerprint density at radius 2 is 1.86 bits per heavy atom. The fourth-order valence-electron chi connectivity index (χ4n) is 3.81. The molecule has 1 aliphatic rings. The Balaban J connectivity index is 1.47. The molecule has 0 unspecified atom stereocenters.